The number of methoxy groups -OCH3 is 1. The molecule has 0 radical (unpaired) electrons. The summed E-state index contributed by atoms with van der Waals surface area (Å²) in [6.07, 6.45) is 0.0518. The number of amides is 2. The Morgan fingerprint density at radius 3 is 2.16 bits per heavy atom. The van der Waals surface area contributed by atoms with E-state index in [0.29, 0.717) is 22.7 Å². The second-order valence-corrected chi connectivity index (χ2v) is 6.78. The van der Waals surface area contributed by atoms with Gasteiger partial charge < -0.3 is 15.4 Å². The summed E-state index contributed by atoms with van der Waals surface area (Å²) in [7, 11) is 1.50. The Kier molecular flexibility index (Phi) is 7.37. The van der Waals surface area contributed by atoms with Crippen molar-refractivity contribution in [3.05, 3.63) is 84.4 Å². The summed E-state index contributed by atoms with van der Waals surface area (Å²) in [6, 6.07) is 24.1. The van der Waals surface area contributed by atoms with Crippen molar-refractivity contribution in [1.82, 2.24) is 5.43 Å². The summed E-state index contributed by atoms with van der Waals surface area (Å²) < 4.78 is 5.17. The van der Waals surface area contributed by atoms with Crippen LogP contribution in [0, 0.1) is 0 Å². The zero-order valence-electron chi connectivity index (χ0n) is 17.4. The minimum absolute atomic E-state index is 0.0518. The first kappa shape index (κ1) is 21.6. The van der Waals surface area contributed by atoms with E-state index in [1.165, 1.54) is 7.11 Å². The lowest BCUT2D eigenvalue weighted by Crippen LogP contribution is -2.22. The van der Waals surface area contributed by atoms with Gasteiger partial charge in [-0.2, -0.15) is 5.10 Å². The Morgan fingerprint density at radius 1 is 0.839 bits per heavy atom. The molecular weight excluding hydrogens is 392 g/mol. The van der Waals surface area contributed by atoms with Crippen LogP contribution in [0.15, 0.2) is 84.0 Å². The first-order valence-electron chi connectivity index (χ1n) is 9.73. The van der Waals surface area contributed by atoms with Gasteiger partial charge in [-0.1, -0.05) is 30.3 Å². The van der Waals surface area contributed by atoms with Gasteiger partial charge in [0.1, 0.15) is 5.75 Å². The van der Waals surface area contributed by atoms with Crippen LogP contribution in [0.4, 0.5) is 17.1 Å². The van der Waals surface area contributed by atoms with Gasteiger partial charge in [0.05, 0.1) is 19.1 Å². The van der Waals surface area contributed by atoms with Gasteiger partial charge in [-0.3, -0.25) is 9.59 Å². The highest BCUT2D eigenvalue weighted by molar-refractivity contribution is 6.06. The molecule has 31 heavy (non-hydrogen) atoms. The first-order valence-corrected chi connectivity index (χ1v) is 9.73. The number of rotatable bonds is 8. The molecule has 158 valence electrons. The Hall–Kier alpha value is -4.13. The van der Waals surface area contributed by atoms with E-state index >= 15 is 0 Å². The molecular formula is C24H24N4O3. The average molecular weight is 416 g/mol. The lowest BCUT2D eigenvalue weighted by atomic mass is 10.2. The van der Waals surface area contributed by atoms with Gasteiger partial charge in [-0.05, 0) is 55.5 Å². The molecule has 0 aliphatic carbocycles. The predicted molar refractivity (Wildman–Crippen MR) is 123 cm³/mol. The van der Waals surface area contributed by atoms with Gasteiger partial charge in [0, 0.05) is 22.8 Å². The molecule has 0 bridgehead atoms. The Morgan fingerprint density at radius 2 is 1.45 bits per heavy atom. The first-order chi connectivity index (χ1) is 15.0. The normalized spacial score (nSPS) is 10.8. The molecule has 0 aliphatic heterocycles. The van der Waals surface area contributed by atoms with E-state index in [1.807, 2.05) is 54.6 Å². The number of ether oxygens (including phenoxy) is 1. The summed E-state index contributed by atoms with van der Waals surface area (Å²) >= 11 is 0. The quantitative estimate of drug-likeness (QED) is 0.370. The molecule has 0 spiro atoms. The van der Waals surface area contributed by atoms with Crippen molar-refractivity contribution in [3.8, 4) is 5.75 Å². The minimum atomic E-state index is -0.404. The van der Waals surface area contributed by atoms with E-state index in [4.69, 9.17) is 4.74 Å². The number of hydrogen-bond donors (Lipinski definition) is 3. The topological polar surface area (TPSA) is 91.8 Å². The molecule has 7 nitrogen and oxygen atoms in total. The molecule has 0 heterocycles. The zero-order chi connectivity index (χ0) is 22.1. The molecule has 0 unspecified atom stereocenters. The van der Waals surface area contributed by atoms with Gasteiger partial charge in [0.15, 0.2) is 0 Å². The number of carbonyl (C=O) groups excluding carboxylic acids is 2. The van der Waals surface area contributed by atoms with Crippen LogP contribution >= 0.6 is 0 Å². The molecule has 0 atom stereocenters. The smallest absolute Gasteiger partial charge is 0.275 e. The number of hydrogen-bond acceptors (Lipinski definition) is 5. The van der Waals surface area contributed by atoms with Gasteiger partial charge in [0.2, 0.25) is 5.91 Å². The van der Waals surface area contributed by atoms with Crippen molar-refractivity contribution < 1.29 is 14.3 Å². The predicted octanol–water partition coefficient (Wildman–Crippen LogP) is 4.57. The third kappa shape index (κ3) is 6.43. The molecule has 3 N–H and O–H groups in total. The van der Waals surface area contributed by atoms with Crippen LogP contribution in [0.1, 0.15) is 23.7 Å². The maximum Gasteiger partial charge on any atom is 0.275 e. The fourth-order valence-electron chi connectivity index (χ4n) is 2.84. The largest absolute Gasteiger partial charge is 0.496 e. The molecule has 0 fully saturated rings. The number of nitrogens with zero attached hydrogens (tertiary/aromatic N) is 1. The van der Waals surface area contributed by atoms with Crippen LogP contribution in [0.5, 0.6) is 5.75 Å². The Labute approximate surface area is 181 Å². The number of carbonyl (C=O) groups is 2. The van der Waals surface area contributed by atoms with Crippen LogP contribution in [-0.2, 0) is 4.79 Å². The lowest BCUT2D eigenvalue weighted by Gasteiger charge is -2.09. The molecule has 0 saturated heterocycles. The van der Waals surface area contributed by atoms with Gasteiger partial charge in [-0.25, -0.2) is 5.43 Å². The monoisotopic (exact) mass is 416 g/mol. The second kappa shape index (κ2) is 10.6. The van der Waals surface area contributed by atoms with Crippen molar-refractivity contribution in [3.63, 3.8) is 0 Å². The van der Waals surface area contributed by atoms with E-state index < -0.39 is 5.91 Å². The fourth-order valence-corrected chi connectivity index (χ4v) is 2.84. The van der Waals surface area contributed by atoms with E-state index in [9.17, 15) is 9.59 Å². The van der Waals surface area contributed by atoms with Gasteiger partial charge >= 0.3 is 0 Å². The Bertz CT molecular complexity index is 1060. The lowest BCUT2D eigenvalue weighted by molar-refractivity contribution is -0.115. The van der Waals surface area contributed by atoms with E-state index in [-0.39, 0.29) is 12.3 Å². The number of anilines is 3. The van der Waals surface area contributed by atoms with Gasteiger partial charge in [0.25, 0.3) is 5.91 Å². The molecule has 7 heteroatoms. The second-order valence-electron chi connectivity index (χ2n) is 6.78. The summed E-state index contributed by atoms with van der Waals surface area (Å²) in [4.78, 5) is 24.5. The number of hydrazone groups is 1. The average Bonchev–Trinajstić information content (AvgIpc) is 2.79. The van der Waals surface area contributed by atoms with E-state index in [2.05, 4.69) is 21.2 Å². The van der Waals surface area contributed by atoms with E-state index in [0.717, 1.165) is 11.4 Å². The number of benzene rings is 3. The highest BCUT2D eigenvalue weighted by atomic mass is 16.5. The van der Waals surface area contributed by atoms with Crippen LogP contribution < -0.4 is 20.8 Å². The number of para-hydroxylation sites is 2. The van der Waals surface area contributed by atoms with Gasteiger partial charge in [-0.15, -0.1) is 0 Å². The molecule has 3 aromatic rings. The molecule has 3 aromatic carbocycles. The molecule has 3 rings (SSSR count). The van der Waals surface area contributed by atoms with Crippen LogP contribution in [0.3, 0.4) is 0 Å². The third-order valence-corrected chi connectivity index (χ3v) is 4.35. The standard InChI is InChI=1S/C24H24N4O3/c1-17(27-28-24(30)21-10-6-7-11-22(21)31-2)16-23(29)26-20-14-12-19(13-15-20)25-18-8-4-3-5-9-18/h3-15,25H,16H2,1-2H3,(H,26,29)(H,28,30). The fraction of sp³-hybridized carbons (Fsp3) is 0.125. The molecule has 2 amide bonds. The summed E-state index contributed by atoms with van der Waals surface area (Å²) in [6.45, 7) is 1.68. The SMILES string of the molecule is COc1ccccc1C(=O)NN=C(C)CC(=O)Nc1ccc(Nc2ccccc2)cc1. The highest BCUT2D eigenvalue weighted by Crippen LogP contribution is 2.19. The highest BCUT2D eigenvalue weighted by Gasteiger charge is 2.11. The number of nitrogens with one attached hydrogen (secondary N) is 3. The van der Waals surface area contributed by atoms with Crippen molar-refractivity contribution >= 4 is 34.6 Å². The summed E-state index contributed by atoms with van der Waals surface area (Å²) in [5, 5.41) is 10.1. The summed E-state index contributed by atoms with van der Waals surface area (Å²) in [5.74, 6) is -0.175. The van der Waals surface area contributed by atoms with E-state index in [1.54, 1.807) is 31.2 Å². The van der Waals surface area contributed by atoms with Crippen molar-refractivity contribution in [2.24, 2.45) is 5.10 Å². The molecule has 0 aromatic heterocycles. The zero-order valence-corrected chi connectivity index (χ0v) is 17.4. The van der Waals surface area contributed by atoms with Crippen molar-refractivity contribution in [2.75, 3.05) is 17.7 Å². The maximum atomic E-state index is 12.3. The van der Waals surface area contributed by atoms with Crippen LogP contribution in [0.25, 0.3) is 0 Å². The third-order valence-electron chi connectivity index (χ3n) is 4.35. The van der Waals surface area contributed by atoms with Crippen molar-refractivity contribution in [2.45, 2.75) is 13.3 Å². The Balaban J connectivity index is 1.51. The van der Waals surface area contributed by atoms with Crippen LogP contribution in [0.2, 0.25) is 0 Å². The minimum Gasteiger partial charge on any atom is -0.496 e. The van der Waals surface area contributed by atoms with Crippen molar-refractivity contribution in [1.29, 1.82) is 0 Å². The molecule has 0 aliphatic rings. The maximum absolute atomic E-state index is 12.3. The summed E-state index contributed by atoms with van der Waals surface area (Å²) in [5.41, 5.74) is 5.88. The van der Waals surface area contributed by atoms with Crippen LogP contribution in [-0.4, -0.2) is 24.6 Å². The molecule has 0 saturated carbocycles.